The third kappa shape index (κ3) is 4.18. The molecule has 1 heterocycles. The molecule has 2 rings (SSSR count). The number of hydrogen-bond acceptors (Lipinski definition) is 4. The van der Waals surface area contributed by atoms with Crippen LogP contribution in [0.4, 0.5) is 5.82 Å². The third-order valence-corrected chi connectivity index (χ3v) is 3.52. The second-order valence-corrected chi connectivity index (χ2v) is 5.23. The van der Waals surface area contributed by atoms with Gasteiger partial charge in [0.2, 0.25) is 0 Å². The highest BCUT2D eigenvalue weighted by molar-refractivity contribution is 5.40. The van der Waals surface area contributed by atoms with Crippen LogP contribution in [0.3, 0.4) is 0 Å². The van der Waals surface area contributed by atoms with Gasteiger partial charge in [0.15, 0.2) is 0 Å². The zero-order chi connectivity index (χ0) is 13.7. The van der Waals surface area contributed by atoms with Crippen molar-refractivity contribution in [2.75, 3.05) is 25.2 Å². The molecule has 1 unspecified atom stereocenters. The summed E-state index contributed by atoms with van der Waals surface area (Å²) in [5.74, 6) is 1.04. The molecule has 1 aliphatic rings. The van der Waals surface area contributed by atoms with E-state index in [-0.39, 0.29) is 0 Å². The van der Waals surface area contributed by atoms with Crippen LogP contribution in [0.15, 0.2) is 18.2 Å². The highest BCUT2D eigenvalue weighted by Crippen LogP contribution is 2.20. The average Bonchev–Trinajstić information content (AvgIpc) is 3.22. The predicted octanol–water partition coefficient (Wildman–Crippen LogP) is 2.19. The zero-order valence-electron chi connectivity index (χ0n) is 12.2. The van der Waals surface area contributed by atoms with E-state index in [0.717, 1.165) is 37.3 Å². The lowest BCUT2D eigenvalue weighted by molar-refractivity contribution is 0.181. The molecule has 0 radical (unpaired) electrons. The number of methoxy groups -OCH3 is 1. The van der Waals surface area contributed by atoms with E-state index in [4.69, 9.17) is 9.72 Å². The van der Waals surface area contributed by atoms with Gasteiger partial charge in [0, 0.05) is 26.2 Å². The van der Waals surface area contributed by atoms with Gasteiger partial charge in [-0.2, -0.15) is 0 Å². The minimum absolute atomic E-state index is 0.342. The number of aromatic nitrogens is 1. The molecule has 4 heteroatoms. The molecular weight excluding hydrogens is 238 g/mol. The van der Waals surface area contributed by atoms with Crippen LogP contribution in [-0.2, 0) is 11.3 Å². The highest BCUT2D eigenvalue weighted by Gasteiger charge is 2.20. The quantitative estimate of drug-likeness (QED) is 0.780. The molecule has 0 saturated heterocycles. The Hall–Kier alpha value is -1.13. The molecule has 0 bridgehead atoms. The van der Waals surface area contributed by atoms with Crippen LogP contribution in [0.25, 0.3) is 0 Å². The average molecular weight is 263 g/mol. The van der Waals surface area contributed by atoms with E-state index in [1.807, 2.05) is 0 Å². The maximum atomic E-state index is 5.24. The van der Waals surface area contributed by atoms with E-state index in [0.29, 0.717) is 6.04 Å². The first-order chi connectivity index (χ1) is 9.24. The molecule has 0 spiro atoms. The van der Waals surface area contributed by atoms with Crippen LogP contribution in [0.1, 0.15) is 32.4 Å². The summed E-state index contributed by atoms with van der Waals surface area (Å²) in [4.78, 5) is 7.04. The topological polar surface area (TPSA) is 37.4 Å². The van der Waals surface area contributed by atoms with Crippen molar-refractivity contribution in [2.24, 2.45) is 0 Å². The van der Waals surface area contributed by atoms with Gasteiger partial charge in [-0.1, -0.05) is 6.07 Å². The Morgan fingerprint density at radius 2 is 2.26 bits per heavy atom. The van der Waals surface area contributed by atoms with Gasteiger partial charge < -0.3 is 15.0 Å². The van der Waals surface area contributed by atoms with E-state index in [1.165, 1.54) is 12.8 Å². The van der Waals surface area contributed by atoms with E-state index < -0.39 is 0 Å². The molecule has 1 aromatic heterocycles. The molecule has 19 heavy (non-hydrogen) atoms. The van der Waals surface area contributed by atoms with Crippen molar-refractivity contribution in [3.05, 3.63) is 23.9 Å². The summed E-state index contributed by atoms with van der Waals surface area (Å²) >= 11 is 0. The molecule has 1 aliphatic carbocycles. The Morgan fingerprint density at radius 3 is 2.89 bits per heavy atom. The van der Waals surface area contributed by atoms with E-state index in [2.05, 4.69) is 42.3 Å². The van der Waals surface area contributed by atoms with Gasteiger partial charge in [-0.25, -0.2) is 4.98 Å². The Bertz CT molecular complexity index is 393. The minimum Gasteiger partial charge on any atom is -0.383 e. The van der Waals surface area contributed by atoms with Crippen molar-refractivity contribution in [2.45, 2.75) is 45.3 Å². The molecule has 0 amide bonds. The van der Waals surface area contributed by atoms with Crippen molar-refractivity contribution in [3.63, 3.8) is 0 Å². The molecule has 1 N–H and O–H groups in total. The molecule has 4 nitrogen and oxygen atoms in total. The number of likely N-dealkylation sites (N-methyl/N-ethyl adjacent to an activating group) is 1. The summed E-state index contributed by atoms with van der Waals surface area (Å²) in [5.41, 5.74) is 1.12. The Labute approximate surface area is 116 Å². The van der Waals surface area contributed by atoms with Gasteiger partial charge in [0.25, 0.3) is 0 Å². The number of pyridine rings is 1. The predicted molar refractivity (Wildman–Crippen MR) is 78.5 cm³/mol. The van der Waals surface area contributed by atoms with Crippen molar-refractivity contribution in [1.29, 1.82) is 0 Å². The second kappa shape index (κ2) is 6.87. The summed E-state index contributed by atoms with van der Waals surface area (Å²) in [5, 5.41) is 3.51. The van der Waals surface area contributed by atoms with Crippen molar-refractivity contribution < 1.29 is 4.74 Å². The Balaban J connectivity index is 2.01. The van der Waals surface area contributed by atoms with Gasteiger partial charge in [-0.05, 0) is 38.8 Å². The second-order valence-electron chi connectivity index (χ2n) is 5.23. The molecule has 1 aromatic rings. The van der Waals surface area contributed by atoms with Crippen LogP contribution in [0.2, 0.25) is 0 Å². The fraction of sp³-hybridized carbons (Fsp3) is 0.667. The van der Waals surface area contributed by atoms with Crippen molar-refractivity contribution in [3.8, 4) is 0 Å². The van der Waals surface area contributed by atoms with Gasteiger partial charge in [-0.3, -0.25) is 0 Å². The lowest BCUT2D eigenvalue weighted by Gasteiger charge is -2.28. The Kier molecular flexibility index (Phi) is 5.16. The monoisotopic (exact) mass is 263 g/mol. The fourth-order valence-electron chi connectivity index (χ4n) is 2.29. The Morgan fingerprint density at radius 1 is 1.47 bits per heavy atom. The summed E-state index contributed by atoms with van der Waals surface area (Å²) in [6.07, 6.45) is 2.62. The van der Waals surface area contributed by atoms with Crippen LogP contribution < -0.4 is 10.2 Å². The van der Waals surface area contributed by atoms with E-state index >= 15 is 0 Å². The number of anilines is 1. The van der Waals surface area contributed by atoms with E-state index in [1.54, 1.807) is 7.11 Å². The summed E-state index contributed by atoms with van der Waals surface area (Å²) in [6.45, 7) is 6.86. The zero-order valence-corrected chi connectivity index (χ0v) is 12.2. The number of ether oxygens (including phenoxy) is 1. The van der Waals surface area contributed by atoms with Gasteiger partial charge in [0.05, 0.1) is 18.3 Å². The van der Waals surface area contributed by atoms with Gasteiger partial charge >= 0.3 is 0 Å². The molecule has 0 aromatic carbocycles. The number of nitrogens with one attached hydrogen (secondary N) is 1. The first-order valence-corrected chi connectivity index (χ1v) is 7.19. The number of hydrogen-bond donors (Lipinski definition) is 1. The summed E-state index contributed by atoms with van der Waals surface area (Å²) in [7, 11) is 1.74. The molecule has 1 fully saturated rings. The molecule has 106 valence electrons. The molecule has 1 atom stereocenters. The molecule has 0 aliphatic heterocycles. The summed E-state index contributed by atoms with van der Waals surface area (Å²) in [6, 6.07) is 7.33. The highest BCUT2D eigenvalue weighted by atomic mass is 16.5. The molecule has 1 saturated carbocycles. The fourth-order valence-corrected chi connectivity index (χ4v) is 2.29. The van der Waals surface area contributed by atoms with Crippen molar-refractivity contribution in [1.82, 2.24) is 10.3 Å². The molecular formula is C15H25N3O. The van der Waals surface area contributed by atoms with Crippen LogP contribution in [-0.4, -0.2) is 37.3 Å². The minimum atomic E-state index is 0.342. The SMILES string of the molecule is CCN(c1cccc(CNC2CC2)n1)C(C)COC. The number of nitrogens with zero attached hydrogens (tertiary/aromatic N) is 2. The number of rotatable bonds is 8. The van der Waals surface area contributed by atoms with Crippen LogP contribution in [0.5, 0.6) is 0 Å². The van der Waals surface area contributed by atoms with Crippen LogP contribution in [0, 0.1) is 0 Å². The standard InChI is InChI=1S/C15H25N3O/c1-4-18(12(2)11-19-3)15-7-5-6-14(17-15)10-16-13-8-9-13/h5-7,12-13,16H,4,8-11H2,1-3H3. The third-order valence-electron chi connectivity index (χ3n) is 3.52. The lowest BCUT2D eigenvalue weighted by Crippen LogP contribution is -2.36. The first-order valence-electron chi connectivity index (χ1n) is 7.19. The normalized spacial score (nSPS) is 16.4. The van der Waals surface area contributed by atoms with Crippen LogP contribution >= 0.6 is 0 Å². The largest absolute Gasteiger partial charge is 0.383 e. The first kappa shape index (κ1) is 14.3. The maximum Gasteiger partial charge on any atom is 0.129 e. The van der Waals surface area contributed by atoms with Gasteiger partial charge in [-0.15, -0.1) is 0 Å². The maximum absolute atomic E-state index is 5.24. The van der Waals surface area contributed by atoms with Crippen molar-refractivity contribution >= 4 is 5.82 Å². The van der Waals surface area contributed by atoms with E-state index in [9.17, 15) is 0 Å². The summed E-state index contributed by atoms with van der Waals surface area (Å²) < 4.78 is 5.24. The van der Waals surface area contributed by atoms with Gasteiger partial charge in [0.1, 0.15) is 5.82 Å². The smallest absolute Gasteiger partial charge is 0.129 e. The lowest BCUT2D eigenvalue weighted by atomic mass is 10.2.